The van der Waals surface area contributed by atoms with Gasteiger partial charge in [-0.2, -0.15) is 0 Å². The fraction of sp³-hybridized carbons (Fsp3) is 0.200. The fourth-order valence-electron chi connectivity index (χ4n) is 1.14. The first-order valence-corrected chi connectivity index (χ1v) is 6.02. The Labute approximate surface area is 94.1 Å². The number of anilines is 1. The molecule has 0 aliphatic heterocycles. The molecule has 0 aliphatic carbocycles. The van der Waals surface area contributed by atoms with E-state index in [1.165, 1.54) is 25.3 Å². The van der Waals surface area contributed by atoms with Crippen LogP contribution in [0.15, 0.2) is 34.6 Å². The molecule has 3 N–H and O–H groups in total. The topological polar surface area (TPSA) is 89.6 Å². The molecule has 16 heavy (non-hydrogen) atoms. The van der Waals surface area contributed by atoms with Crippen molar-refractivity contribution >= 4 is 15.5 Å². The zero-order chi connectivity index (χ0) is 12.2. The van der Waals surface area contributed by atoms with E-state index in [1.54, 1.807) is 0 Å². The molecule has 0 saturated heterocycles. The van der Waals surface area contributed by atoms with E-state index in [0.29, 0.717) is 5.75 Å². The highest BCUT2D eigenvalue weighted by Gasteiger charge is 2.12. The maximum atomic E-state index is 11.6. The first kappa shape index (κ1) is 12.5. The van der Waals surface area contributed by atoms with Gasteiger partial charge in [0.05, 0.1) is 24.3 Å². The number of ether oxygens (including phenoxy) is 1. The van der Waals surface area contributed by atoms with Crippen LogP contribution in [0.2, 0.25) is 0 Å². The maximum absolute atomic E-state index is 11.6. The Bertz CT molecular complexity index is 494. The Morgan fingerprint density at radius 2 is 2.19 bits per heavy atom. The summed E-state index contributed by atoms with van der Waals surface area (Å²) in [6, 6.07) is 4.19. The number of aliphatic hydroxyl groups excluding tert-OH is 1. The van der Waals surface area contributed by atoms with Crippen LogP contribution in [0.4, 0.5) is 5.69 Å². The smallest absolute Gasteiger partial charge is 0.199 e. The number of benzene rings is 1. The standard InChI is InChI=1S/C10H13NO4S/c1-15-10-4-3-8(7-9(10)11)16(13,14)6-2-5-12/h2-4,6-7,12H,5,11H2,1H3/b6-2+. The number of nitrogen functional groups attached to an aromatic ring is 1. The molecular formula is C10H13NO4S. The van der Waals surface area contributed by atoms with Gasteiger partial charge in [0.2, 0.25) is 0 Å². The van der Waals surface area contributed by atoms with Gasteiger partial charge >= 0.3 is 0 Å². The number of nitrogens with two attached hydrogens (primary N) is 1. The molecule has 5 nitrogen and oxygen atoms in total. The van der Waals surface area contributed by atoms with Crippen LogP contribution in [-0.2, 0) is 9.84 Å². The highest BCUT2D eigenvalue weighted by atomic mass is 32.2. The van der Waals surface area contributed by atoms with Crippen LogP contribution < -0.4 is 10.5 Å². The second kappa shape index (κ2) is 5.00. The van der Waals surface area contributed by atoms with Gasteiger partial charge in [-0.3, -0.25) is 0 Å². The molecule has 0 amide bonds. The predicted octanol–water partition coefficient (Wildman–Crippen LogP) is 0.557. The molecule has 0 atom stereocenters. The molecule has 1 aromatic rings. The largest absolute Gasteiger partial charge is 0.495 e. The van der Waals surface area contributed by atoms with E-state index in [0.717, 1.165) is 11.5 Å². The summed E-state index contributed by atoms with van der Waals surface area (Å²) >= 11 is 0. The lowest BCUT2D eigenvalue weighted by molar-refractivity contribution is 0.343. The van der Waals surface area contributed by atoms with Crippen molar-refractivity contribution in [2.75, 3.05) is 19.5 Å². The lowest BCUT2D eigenvalue weighted by Crippen LogP contribution is -1.99. The van der Waals surface area contributed by atoms with E-state index in [-0.39, 0.29) is 17.2 Å². The molecule has 0 spiro atoms. The summed E-state index contributed by atoms with van der Waals surface area (Å²) in [6.07, 6.45) is 1.15. The number of rotatable bonds is 4. The normalized spacial score (nSPS) is 11.9. The van der Waals surface area contributed by atoms with E-state index >= 15 is 0 Å². The molecule has 0 bridgehead atoms. The molecule has 6 heteroatoms. The van der Waals surface area contributed by atoms with Gasteiger partial charge in [0, 0.05) is 5.41 Å². The molecule has 0 aromatic heterocycles. The molecular weight excluding hydrogens is 230 g/mol. The van der Waals surface area contributed by atoms with E-state index in [4.69, 9.17) is 15.6 Å². The number of methoxy groups -OCH3 is 1. The van der Waals surface area contributed by atoms with Gasteiger partial charge in [-0.1, -0.05) is 0 Å². The molecule has 0 saturated carbocycles. The Hall–Kier alpha value is -1.53. The minimum atomic E-state index is -3.55. The molecule has 0 aliphatic rings. The predicted molar refractivity (Wildman–Crippen MR) is 60.8 cm³/mol. The monoisotopic (exact) mass is 243 g/mol. The second-order valence-corrected chi connectivity index (χ2v) is 4.84. The van der Waals surface area contributed by atoms with E-state index < -0.39 is 9.84 Å². The number of sulfone groups is 1. The van der Waals surface area contributed by atoms with Crippen molar-refractivity contribution in [2.24, 2.45) is 0 Å². The average Bonchev–Trinajstić information content (AvgIpc) is 2.26. The maximum Gasteiger partial charge on any atom is 0.199 e. The van der Waals surface area contributed by atoms with Crippen LogP contribution in [0.1, 0.15) is 0 Å². The van der Waals surface area contributed by atoms with Gasteiger partial charge in [0.15, 0.2) is 9.84 Å². The van der Waals surface area contributed by atoms with Crippen LogP contribution in [0, 0.1) is 0 Å². The minimum Gasteiger partial charge on any atom is -0.495 e. The third-order valence-corrected chi connectivity index (χ3v) is 3.37. The van der Waals surface area contributed by atoms with Gasteiger partial charge in [-0.25, -0.2) is 8.42 Å². The van der Waals surface area contributed by atoms with Crippen molar-refractivity contribution in [3.8, 4) is 5.75 Å². The molecule has 0 fully saturated rings. The molecule has 1 rings (SSSR count). The lowest BCUT2D eigenvalue weighted by atomic mass is 10.3. The van der Waals surface area contributed by atoms with Gasteiger partial charge in [-0.15, -0.1) is 0 Å². The first-order valence-electron chi connectivity index (χ1n) is 4.47. The average molecular weight is 243 g/mol. The summed E-state index contributed by atoms with van der Waals surface area (Å²) in [5, 5.41) is 9.46. The summed E-state index contributed by atoms with van der Waals surface area (Å²) in [5.74, 6) is 0.421. The highest BCUT2D eigenvalue weighted by Crippen LogP contribution is 2.25. The van der Waals surface area contributed by atoms with E-state index in [2.05, 4.69) is 0 Å². The van der Waals surface area contributed by atoms with Crippen LogP contribution in [-0.4, -0.2) is 27.2 Å². The van der Waals surface area contributed by atoms with Crippen LogP contribution in [0.25, 0.3) is 0 Å². The molecule has 0 heterocycles. The second-order valence-electron chi connectivity index (χ2n) is 3.00. The summed E-state index contributed by atoms with van der Waals surface area (Å²) in [6.45, 7) is -0.329. The van der Waals surface area contributed by atoms with Gasteiger partial charge in [-0.05, 0) is 24.3 Å². The third-order valence-electron chi connectivity index (χ3n) is 1.91. The quantitative estimate of drug-likeness (QED) is 0.754. The number of hydrogen-bond donors (Lipinski definition) is 2. The summed E-state index contributed by atoms with van der Waals surface area (Å²) < 4.78 is 28.2. The highest BCUT2D eigenvalue weighted by molar-refractivity contribution is 7.94. The Morgan fingerprint density at radius 1 is 1.50 bits per heavy atom. The van der Waals surface area contributed by atoms with Crippen molar-refractivity contribution in [3.63, 3.8) is 0 Å². The van der Waals surface area contributed by atoms with Crippen molar-refractivity contribution in [3.05, 3.63) is 29.7 Å². The zero-order valence-electron chi connectivity index (χ0n) is 8.75. The van der Waals surface area contributed by atoms with Gasteiger partial charge in [0.1, 0.15) is 5.75 Å². The SMILES string of the molecule is COc1ccc(S(=O)(=O)/C=C/CO)cc1N. The van der Waals surface area contributed by atoms with E-state index in [9.17, 15) is 8.42 Å². The van der Waals surface area contributed by atoms with Gasteiger partial charge < -0.3 is 15.6 Å². The minimum absolute atomic E-state index is 0.0653. The van der Waals surface area contributed by atoms with Crippen molar-refractivity contribution in [1.29, 1.82) is 0 Å². The van der Waals surface area contributed by atoms with Crippen molar-refractivity contribution in [1.82, 2.24) is 0 Å². The van der Waals surface area contributed by atoms with E-state index in [1.807, 2.05) is 0 Å². The van der Waals surface area contributed by atoms with Crippen molar-refractivity contribution in [2.45, 2.75) is 4.90 Å². The summed E-state index contributed by atoms with van der Waals surface area (Å²) in [7, 11) is -2.10. The third kappa shape index (κ3) is 2.74. The zero-order valence-corrected chi connectivity index (χ0v) is 9.57. The molecule has 1 aromatic carbocycles. The lowest BCUT2D eigenvalue weighted by Gasteiger charge is -2.05. The van der Waals surface area contributed by atoms with Crippen LogP contribution in [0.3, 0.4) is 0 Å². The van der Waals surface area contributed by atoms with Crippen LogP contribution in [0.5, 0.6) is 5.75 Å². The van der Waals surface area contributed by atoms with Crippen LogP contribution >= 0.6 is 0 Å². The van der Waals surface area contributed by atoms with Crippen molar-refractivity contribution < 1.29 is 18.3 Å². The number of aliphatic hydroxyl groups is 1. The molecule has 0 unspecified atom stereocenters. The molecule has 0 radical (unpaired) electrons. The van der Waals surface area contributed by atoms with Gasteiger partial charge in [0.25, 0.3) is 0 Å². The Morgan fingerprint density at radius 3 is 2.69 bits per heavy atom. The first-order chi connectivity index (χ1) is 7.51. The molecule has 88 valence electrons. The summed E-state index contributed by atoms with van der Waals surface area (Å²) in [4.78, 5) is 0.0653. The Balaban J connectivity index is 3.15. The summed E-state index contributed by atoms with van der Waals surface area (Å²) in [5.41, 5.74) is 5.85. The Kier molecular flexibility index (Phi) is 3.92. The fourth-order valence-corrected chi connectivity index (χ4v) is 2.18. The number of hydrogen-bond acceptors (Lipinski definition) is 5.